The van der Waals surface area contributed by atoms with Gasteiger partial charge in [0.25, 0.3) is 0 Å². The van der Waals surface area contributed by atoms with E-state index in [1.165, 1.54) is 6.07 Å². The van der Waals surface area contributed by atoms with Crippen LogP contribution in [-0.4, -0.2) is 14.9 Å². The molecule has 0 aliphatic rings. The average molecular weight is 217 g/mol. The maximum atomic E-state index is 9.51. The summed E-state index contributed by atoms with van der Waals surface area (Å²) in [5.41, 5.74) is 8.08. The molecule has 0 saturated heterocycles. The van der Waals surface area contributed by atoms with Crippen LogP contribution in [0.3, 0.4) is 0 Å². The fourth-order valence-corrected chi connectivity index (χ4v) is 1.74. The van der Waals surface area contributed by atoms with Crippen LogP contribution in [0.4, 0.5) is 5.69 Å². The van der Waals surface area contributed by atoms with Crippen LogP contribution in [0.15, 0.2) is 30.5 Å². The van der Waals surface area contributed by atoms with Crippen LogP contribution in [0, 0.1) is 0 Å². The van der Waals surface area contributed by atoms with Crippen molar-refractivity contribution in [2.24, 2.45) is 0 Å². The molecule has 0 fully saturated rings. The highest BCUT2D eigenvalue weighted by Crippen LogP contribution is 2.27. The van der Waals surface area contributed by atoms with E-state index in [0.717, 1.165) is 11.3 Å². The number of hydrogen-bond acceptors (Lipinski definition) is 3. The third kappa shape index (κ3) is 1.86. The van der Waals surface area contributed by atoms with E-state index in [2.05, 4.69) is 18.9 Å². The van der Waals surface area contributed by atoms with E-state index in [4.69, 9.17) is 5.73 Å². The Morgan fingerprint density at radius 1 is 1.31 bits per heavy atom. The van der Waals surface area contributed by atoms with E-state index < -0.39 is 0 Å². The van der Waals surface area contributed by atoms with Crippen LogP contribution < -0.4 is 5.73 Å². The van der Waals surface area contributed by atoms with Crippen LogP contribution >= 0.6 is 0 Å². The topological polar surface area (TPSA) is 64.1 Å². The molecule has 0 atom stereocenters. The molecular weight excluding hydrogens is 202 g/mol. The molecule has 0 radical (unpaired) electrons. The Bertz CT molecular complexity index is 482. The summed E-state index contributed by atoms with van der Waals surface area (Å²) in [4.78, 5) is 0. The molecule has 84 valence electrons. The molecule has 0 saturated carbocycles. The number of anilines is 1. The van der Waals surface area contributed by atoms with Crippen molar-refractivity contribution in [2.75, 3.05) is 5.73 Å². The Morgan fingerprint density at radius 3 is 2.69 bits per heavy atom. The molecule has 16 heavy (non-hydrogen) atoms. The number of aromatic nitrogens is 2. The quantitative estimate of drug-likeness (QED) is 0.759. The van der Waals surface area contributed by atoms with Crippen molar-refractivity contribution in [2.45, 2.75) is 19.9 Å². The predicted molar refractivity (Wildman–Crippen MR) is 64.1 cm³/mol. The van der Waals surface area contributed by atoms with Crippen molar-refractivity contribution in [1.29, 1.82) is 0 Å². The maximum absolute atomic E-state index is 9.51. The molecule has 0 bridgehead atoms. The normalized spacial score (nSPS) is 10.9. The number of nitrogens with two attached hydrogens (primary N) is 1. The number of aromatic hydroxyl groups is 1. The van der Waals surface area contributed by atoms with Crippen LogP contribution in [-0.2, 0) is 0 Å². The second kappa shape index (κ2) is 3.89. The minimum Gasteiger partial charge on any atom is -0.508 e. The summed E-state index contributed by atoms with van der Waals surface area (Å²) in [5.74, 6) is 0.173. The highest BCUT2D eigenvalue weighted by atomic mass is 16.3. The molecule has 1 aromatic heterocycles. The van der Waals surface area contributed by atoms with E-state index >= 15 is 0 Å². The highest BCUT2D eigenvalue weighted by molar-refractivity contribution is 5.66. The minimum absolute atomic E-state index is 0.173. The zero-order valence-corrected chi connectivity index (χ0v) is 9.38. The van der Waals surface area contributed by atoms with Crippen molar-refractivity contribution < 1.29 is 5.11 Å². The summed E-state index contributed by atoms with van der Waals surface area (Å²) in [6, 6.07) is 7.23. The lowest BCUT2D eigenvalue weighted by Crippen LogP contribution is -2.04. The second-order valence-corrected chi connectivity index (χ2v) is 4.07. The molecule has 0 amide bonds. The largest absolute Gasteiger partial charge is 0.508 e. The Balaban J connectivity index is 2.54. The monoisotopic (exact) mass is 217 g/mol. The van der Waals surface area contributed by atoms with E-state index in [1.54, 1.807) is 12.3 Å². The number of benzene rings is 1. The molecule has 2 rings (SSSR count). The first-order valence-corrected chi connectivity index (χ1v) is 5.21. The lowest BCUT2D eigenvalue weighted by Gasteiger charge is -2.11. The van der Waals surface area contributed by atoms with E-state index in [0.29, 0.717) is 5.69 Å². The van der Waals surface area contributed by atoms with Gasteiger partial charge in [0.1, 0.15) is 5.75 Å². The molecule has 0 aliphatic heterocycles. The first kappa shape index (κ1) is 10.5. The van der Waals surface area contributed by atoms with Gasteiger partial charge in [-0.25, -0.2) is 0 Å². The molecule has 0 aliphatic carbocycles. The Labute approximate surface area is 94.3 Å². The van der Waals surface area contributed by atoms with Crippen molar-refractivity contribution in [3.63, 3.8) is 0 Å². The van der Waals surface area contributed by atoms with Gasteiger partial charge in [0.05, 0.1) is 5.69 Å². The smallest absolute Gasteiger partial charge is 0.118 e. The summed E-state index contributed by atoms with van der Waals surface area (Å²) in [6.07, 6.45) is 1.75. The molecule has 1 heterocycles. The van der Waals surface area contributed by atoms with Crippen LogP contribution in [0.25, 0.3) is 11.3 Å². The SMILES string of the molecule is CC(C)n1nccc1-c1cc(N)cc(O)c1. The fraction of sp³-hybridized carbons (Fsp3) is 0.250. The van der Waals surface area contributed by atoms with Gasteiger partial charge in [0.2, 0.25) is 0 Å². The first-order valence-electron chi connectivity index (χ1n) is 5.21. The summed E-state index contributed by atoms with van der Waals surface area (Å²) >= 11 is 0. The van der Waals surface area contributed by atoms with Crippen LogP contribution in [0.5, 0.6) is 5.75 Å². The second-order valence-electron chi connectivity index (χ2n) is 4.07. The molecule has 0 unspecified atom stereocenters. The predicted octanol–water partition coefficient (Wildman–Crippen LogP) is 2.42. The van der Waals surface area contributed by atoms with Gasteiger partial charge in [-0.1, -0.05) is 0 Å². The Morgan fingerprint density at radius 2 is 2.06 bits per heavy atom. The lowest BCUT2D eigenvalue weighted by atomic mass is 10.1. The van der Waals surface area contributed by atoms with Crippen LogP contribution in [0.1, 0.15) is 19.9 Å². The number of nitrogen functional groups attached to an aromatic ring is 1. The van der Waals surface area contributed by atoms with Gasteiger partial charge in [0, 0.05) is 29.6 Å². The molecule has 3 N–H and O–H groups in total. The number of phenolic OH excluding ortho intramolecular Hbond substituents is 1. The number of phenols is 1. The van der Waals surface area contributed by atoms with E-state index in [-0.39, 0.29) is 11.8 Å². The first-order chi connectivity index (χ1) is 7.58. The van der Waals surface area contributed by atoms with Crippen molar-refractivity contribution in [3.8, 4) is 17.0 Å². The maximum Gasteiger partial charge on any atom is 0.118 e. The van der Waals surface area contributed by atoms with Crippen molar-refractivity contribution in [3.05, 3.63) is 30.5 Å². The molecule has 4 nitrogen and oxygen atoms in total. The van der Waals surface area contributed by atoms with Gasteiger partial charge in [-0.05, 0) is 32.0 Å². The van der Waals surface area contributed by atoms with E-state index in [9.17, 15) is 5.11 Å². The third-order valence-corrected chi connectivity index (χ3v) is 2.40. The lowest BCUT2D eigenvalue weighted by molar-refractivity contribution is 0.475. The molecule has 2 aromatic rings. The minimum atomic E-state index is 0.173. The van der Waals surface area contributed by atoms with Gasteiger partial charge >= 0.3 is 0 Å². The highest BCUT2D eigenvalue weighted by Gasteiger charge is 2.09. The molecule has 0 spiro atoms. The Kier molecular flexibility index (Phi) is 2.56. The summed E-state index contributed by atoms with van der Waals surface area (Å²) < 4.78 is 1.90. The molecular formula is C12H15N3O. The molecule has 1 aromatic carbocycles. The van der Waals surface area contributed by atoms with Crippen LogP contribution in [0.2, 0.25) is 0 Å². The number of rotatable bonds is 2. The summed E-state index contributed by atoms with van der Waals surface area (Å²) in [7, 11) is 0. The summed E-state index contributed by atoms with van der Waals surface area (Å²) in [5, 5.41) is 13.8. The fourth-order valence-electron chi connectivity index (χ4n) is 1.74. The van der Waals surface area contributed by atoms with Gasteiger partial charge in [-0.2, -0.15) is 5.10 Å². The number of hydrogen-bond donors (Lipinski definition) is 2. The Hall–Kier alpha value is -1.97. The zero-order chi connectivity index (χ0) is 11.7. The van der Waals surface area contributed by atoms with Gasteiger partial charge in [0.15, 0.2) is 0 Å². The van der Waals surface area contributed by atoms with Crippen molar-refractivity contribution in [1.82, 2.24) is 9.78 Å². The van der Waals surface area contributed by atoms with Gasteiger partial charge in [-0.3, -0.25) is 4.68 Å². The third-order valence-electron chi connectivity index (χ3n) is 2.40. The zero-order valence-electron chi connectivity index (χ0n) is 9.38. The van der Waals surface area contributed by atoms with Gasteiger partial charge in [-0.15, -0.1) is 0 Å². The van der Waals surface area contributed by atoms with E-state index in [1.807, 2.05) is 16.8 Å². The van der Waals surface area contributed by atoms with Gasteiger partial charge < -0.3 is 10.8 Å². The molecule has 4 heteroatoms. The van der Waals surface area contributed by atoms with Crippen molar-refractivity contribution >= 4 is 5.69 Å². The summed E-state index contributed by atoms with van der Waals surface area (Å²) in [6.45, 7) is 4.12. The number of nitrogens with zero attached hydrogens (tertiary/aromatic N) is 2. The average Bonchev–Trinajstić information content (AvgIpc) is 2.63. The standard InChI is InChI=1S/C12H15N3O/c1-8(2)15-12(3-4-14-15)9-5-10(13)7-11(16)6-9/h3-8,16H,13H2,1-2H3.